The standard InChI is InChI=1S/C23H31N3O4/c27-21(9-10-26-22(28)19-7-3-4-8-20(19)23(26)29)24-15-17-5-1-2-6-18(17)16-25-11-13-30-14-12-25/h1-2,5-6,19-20H,3-4,7-16H2,(H,24,27)/p+1/t19-,20-/m1/s1. The Hall–Kier alpha value is -2.25. The number of quaternary nitrogens is 1. The summed E-state index contributed by atoms with van der Waals surface area (Å²) < 4.78 is 5.43. The Labute approximate surface area is 177 Å². The number of likely N-dealkylation sites (tertiary alicyclic amines) is 1. The van der Waals surface area contributed by atoms with Crippen molar-refractivity contribution in [1.29, 1.82) is 0 Å². The van der Waals surface area contributed by atoms with Gasteiger partial charge in [-0.15, -0.1) is 0 Å². The van der Waals surface area contributed by atoms with Gasteiger partial charge in [0.1, 0.15) is 19.6 Å². The molecule has 3 fully saturated rings. The molecule has 7 heteroatoms. The second-order valence-electron chi connectivity index (χ2n) is 8.66. The van der Waals surface area contributed by atoms with E-state index in [4.69, 9.17) is 4.74 Å². The Morgan fingerprint density at radius 2 is 1.67 bits per heavy atom. The van der Waals surface area contributed by atoms with Gasteiger partial charge in [0.05, 0.1) is 25.0 Å². The molecular weight excluding hydrogens is 382 g/mol. The zero-order valence-corrected chi connectivity index (χ0v) is 17.5. The molecule has 2 N–H and O–H groups in total. The number of nitrogens with zero attached hydrogens (tertiary/aromatic N) is 1. The molecule has 2 aliphatic heterocycles. The van der Waals surface area contributed by atoms with Crippen molar-refractivity contribution in [1.82, 2.24) is 10.2 Å². The Bertz CT molecular complexity index is 766. The molecule has 3 amide bonds. The lowest BCUT2D eigenvalue weighted by Crippen LogP contribution is -3.12. The van der Waals surface area contributed by atoms with Crippen LogP contribution in [0.15, 0.2) is 24.3 Å². The van der Waals surface area contributed by atoms with Crippen LogP contribution in [0.1, 0.15) is 43.2 Å². The van der Waals surface area contributed by atoms with Crippen LogP contribution >= 0.6 is 0 Å². The summed E-state index contributed by atoms with van der Waals surface area (Å²) >= 11 is 0. The van der Waals surface area contributed by atoms with Crippen LogP contribution in [-0.4, -0.2) is 55.5 Å². The van der Waals surface area contributed by atoms with Crippen molar-refractivity contribution in [2.45, 2.75) is 45.2 Å². The monoisotopic (exact) mass is 414 g/mol. The maximum atomic E-state index is 12.5. The van der Waals surface area contributed by atoms with Gasteiger partial charge in [0.15, 0.2) is 0 Å². The predicted octanol–water partition coefficient (Wildman–Crippen LogP) is 0.283. The number of nitrogens with one attached hydrogen (secondary N) is 2. The van der Waals surface area contributed by atoms with E-state index in [2.05, 4.69) is 11.4 Å². The van der Waals surface area contributed by atoms with E-state index in [-0.39, 0.29) is 42.5 Å². The van der Waals surface area contributed by atoms with Gasteiger partial charge >= 0.3 is 0 Å². The predicted molar refractivity (Wildman–Crippen MR) is 110 cm³/mol. The van der Waals surface area contributed by atoms with Gasteiger partial charge in [-0.3, -0.25) is 19.3 Å². The van der Waals surface area contributed by atoms with E-state index >= 15 is 0 Å². The molecule has 1 aromatic carbocycles. The second-order valence-corrected chi connectivity index (χ2v) is 8.66. The van der Waals surface area contributed by atoms with Crippen LogP contribution in [0.2, 0.25) is 0 Å². The van der Waals surface area contributed by atoms with E-state index in [1.54, 1.807) is 0 Å². The first-order chi connectivity index (χ1) is 14.6. The highest BCUT2D eigenvalue weighted by atomic mass is 16.5. The van der Waals surface area contributed by atoms with Gasteiger partial charge in [0, 0.05) is 25.1 Å². The Morgan fingerprint density at radius 3 is 2.33 bits per heavy atom. The van der Waals surface area contributed by atoms with E-state index in [9.17, 15) is 14.4 Å². The second kappa shape index (κ2) is 9.71. The molecule has 1 aromatic rings. The van der Waals surface area contributed by atoms with Crippen molar-refractivity contribution >= 4 is 17.7 Å². The Kier molecular flexibility index (Phi) is 6.79. The first-order valence-electron chi connectivity index (χ1n) is 11.2. The van der Waals surface area contributed by atoms with Crippen LogP contribution in [0.5, 0.6) is 0 Å². The SMILES string of the molecule is O=C(CCN1C(=O)[C@@H]2CCCC[C@H]2C1=O)NCc1ccccc1C[NH+]1CCOCC1. The number of carbonyl (C=O) groups is 3. The van der Waals surface area contributed by atoms with E-state index in [0.717, 1.165) is 64.1 Å². The van der Waals surface area contributed by atoms with Crippen molar-refractivity contribution in [3.63, 3.8) is 0 Å². The molecule has 1 aliphatic carbocycles. The first-order valence-corrected chi connectivity index (χ1v) is 11.2. The van der Waals surface area contributed by atoms with Crippen molar-refractivity contribution < 1.29 is 24.0 Å². The molecule has 0 aromatic heterocycles. The highest BCUT2D eigenvalue weighted by Crippen LogP contribution is 2.37. The van der Waals surface area contributed by atoms with Gasteiger partial charge in [-0.25, -0.2) is 0 Å². The fourth-order valence-electron chi connectivity index (χ4n) is 4.96. The molecule has 1 saturated carbocycles. The number of benzene rings is 1. The van der Waals surface area contributed by atoms with E-state index < -0.39 is 0 Å². The number of hydrogen-bond donors (Lipinski definition) is 2. The topological polar surface area (TPSA) is 80.2 Å². The van der Waals surface area contributed by atoms with Gasteiger partial charge in [-0.2, -0.15) is 0 Å². The summed E-state index contributed by atoms with van der Waals surface area (Å²) in [5.41, 5.74) is 2.35. The smallest absolute Gasteiger partial charge is 0.233 e. The highest BCUT2D eigenvalue weighted by molar-refractivity contribution is 6.05. The minimum absolute atomic E-state index is 0.0728. The fraction of sp³-hybridized carbons (Fsp3) is 0.609. The largest absolute Gasteiger partial charge is 0.370 e. The number of morpholine rings is 1. The number of ether oxygens (including phenoxy) is 1. The minimum atomic E-state index is -0.149. The zero-order valence-electron chi connectivity index (χ0n) is 17.5. The van der Waals surface area contributed by atoms with Crippen LogP contribution in [0.3, 0.4) is 0 Å². The number of hydrogen-bond acceptors (Lipinski definition) is 4. The molecule has 4 rings (SSSR count). The van der Waals surface area contributed by atoms with Crippen LogP contribution in [0, 0.1) is 11.8 Å². The molecule has 0 spiro atoms. The summed E-state index contributed by atoms with van der Waals surface area (Å²) in [5, 5.41) is 2.97. The average molecular weight is 415 g/mol. The molecule has 0 radical (unpaired) electrons. The molecule has 2 saturated heterocycles. The summed E-state index contributed by atoms with van der Waals surface area (Å²) in [6.07, 6.45) is 3.80. The molecule has 0 unspecified atom stereocenters. The molecule has 3 aliphatic rings. The summed E-state index contributed by atoms with van der Waals surface area (Å²) in [7, 11) is 0. The minimum Gasteiger partial charge on any atom is -0.370 e. The van der Waals surface area contributed by atoms with E-state index in [0.29, 0.717) is 6.54 Å². The van der Waals surface area contributed by atoms with Gasteiger partial charge in [-0.05, 0) is 18.4 Å². The average Bonchev–Trinajstić information content (AvgIpc) is 3.02. The van der Waals surface area contributed by atoms with Crippen LogP contribution in [-0.2, 0) is 32.2 Å². The maximum absolute atomic E-state index is 12.5. The number of fused-ring (bicyclic) bond motifs is 1. The van der Waals surface area contributed by atoms with Crippen molar-refractivity contribution in [3.8, 4) is 0 Å². The first kappa shape index (κ1) is 21.0. The lowest BCUT2D eigenvalue weighted by atomic mass is 9.81. The molecular formula is C23H32N3O4+. The molecule has 2 atom stereocenters. The van der Waals surface area contributed by atoms with Gasteiger partial charge in [0.25, 0.3) is 0 Å². The maximum Gasteiger partial charge on any atom is 0.233 e. The lowest BCUT2D eigenvalue weighted by molar-refractivity contribution is -0.921. The third-order valence-electron chi connectivity index (χ3n) is 6.73. The van der Waals surface area contributed by atoms with Crippen molar-refractivity contribution in [2.75, 3.05) is 32.8 Å². The summed E-state index contributed by atoms with van der Waals surface area (Å²) in [4.78, 5) is 40.3. The summed E-state index contributed by atoms with van der Waals surface area (Å²) in [6, 6.07) is 8.19. The summed E-state index contributed by atoms with van der Waals surface area (Å²) in [5.74, 6) is -0.570. The molecule has 0 bridgehead atoms. The van der Waals surface area contributed by atoms with Crippen LogP contribution < -0.4 is 10.2 Å². The molecule has 30 heavy (non-hydrogen) atoms. The number of amides is 3. The van der Waals surface area contributed by atoms with E-state index in [1.165, 1.54) is 15.4 Å². The molecule has 2 heterocycles. The Balaban J connectivity index is 1.27. The fourth-order valence-corrected chi connectivity index (χ4v) is 4.96. The van der Waals surface area contributed by atoms with Crippen LogP contribution in [0.4, 0.5) is 0 Å². The number of carbonyl (C=O) groups excluding carboxylic acids is 3. The zero-order chi connectivity index (χ0) is 20.9. The molecule has 7 nitrogen and oxygen atoms in total. The van der Waals surface area contributed by atoms with E-state index in [1.807, 2.05) is 18.2 Å². The summed E-state index contributed by atoms with van der Waals surface area (Å²) in [6.45, 7) is 5.17. The normalized spacial score (nSPS) is 24.7. The van der Waals surface area contributed by atoms with Gasteiger partial charge in [-0.1, -0.05) is 37.1 Å². The third kappa shape index (κ3) is 4.73. The van der Waals surface area contributed by atoms with Gasteiger partial charge < -0.3 is 15.0 Å². The molecule has 162 valence electrons. The highest BCUT2D eigenvalue weighted by Gasteiger charge is 2.47. The third-order valence-corrected chi connectivity index (χ3v) is 6.73. The van der Waals surface area contributed by atoms with Crippen LogP contribution in [0.25, 0.3) is 0 Å². The van der Waals surface area contributed by atoms with Crippen molar-refractivity contribution in [3.05, 3.63) is 35.4 Å². The Morgan fingerprint density at radius 1 is 1.03 bits per heavy atom. The number of imide groups is 1. The van der Waals surface area contributed by atoms with Gasteiger partial charge in [0.2, 0.25) is 17.7 Å². The lowest BCUT2D eigenvalue weighted by Gasteiger charge is -2.24. The number of rotatable bonds is 7. The van der Waals surface area contributed by atoms with Crippen molar-refractivity contribution in [2.24, 2.45) is 11.8 Å². The quantitative estimate of drug-likeness (QED) is 0.629.